The van der Waals surface area contributed by atoms with Gasteiger partial charge in [0.2, 0.25) is 0 Å². The van der Waals surface area contributed by atoms with Gasteiger partial charge in [-0.05, 0) is 13.8 Å². The third-order valence-corrected chi connectivity index (χ3v) is 0.787. The Hall–Kier alpha value is -0.260. The second kappa shape index (κ2) is 8.74. The van der Waals surface area contributed by atoms with Crippen LogP contribution >= 0.6 is 0 Å². The molecule has 5 heteroatoms. The zero-order valence-electron chi connectivity index (χ0n) is 6.34. The number of nitrogens with one attached hydrogen (secondary N) is 1. The molecule has 62 valence electrons. The van der Waals surface area contributed by atoms with Gasteiger partial charge in [-0.3, -0.25) is 4.21 Å². The third kappa shape index (κ3) is 46.8. The Kier molecular flexibility index (Phi) is 10.9. The Morgan fingerprint density at radius 3 is 1.90 bits per heavy atom. The molecule has 0 bridgehead atoms. The van der Waals surface area contributed by atoms with Gasteiger partial charge in [-0.25, -0.2) is 4.72 Å². The summed E-state index contributed by atoms with van der Waals surface area (Å²) in [5.41, 5.74) is 0. The number of hydrogen-bond acceptors (Lipinski definition) is 3. The first-order valence-corrected chi connectivity index (χ1v) is 3.88. The molecular weight excluding hydrogens is 154 g/mol. The van der Waals surface area contributed by atoms with Crippen molar-refractivity contribution in [2.24, 2.45) is 0 Å². The summed E-state index contributed by atoms with van der Waals surface area (Å²) in [6.07, 6.45) is 0. The molecule has 4 nitrogen and oxygen atoms in total. The number of hydrogen-bond donors (Lipinski definition) is 1. The van der Waals surface area contributed by atoms with Crippen molar-refractivity contribution in [3.63, 3.8) is 0 Å². The van der Waals surface area contributed by atoms with Gasteiger partial charge in [0.05, 0.1) is 0 Å². The van der Waals surface area contributed by atoms with E-state index in [-0.39, 0.29) is 5.78 Å². The Bertz CT molecular complexity index is 111. The summed E-state index contributed by atoms with van der Waals surface area (Å²) in [5, 5.41) is 0. The van der Waals surface area contributed by atoms with E-state index in [4.69, 9.17) is 0 Å². The minimum atomic E-state index is -2.07. The van der Waals surface area contributed by atoms with Crippen LogP contribution in [0.4, 0.5) is 0 Å². The summed E-state index contributed by atoms with van der Waals surface area (Å²) >= 11 is -2.07. The fourth-order valence-electron chi connectivity index (χ4n) is 0.118. The lowest BCUT2D eigenvalue weighted by atomic mass is 10.6. The van der Waals surface area contributed by atoms with Crippen molar-refractivity contribution in [1.29, 1.82) is 0 Å². The Morgan fingerprint density at radius 2 is 1.90 bits per heavy atom. The van der Waals surface area contributed by atoms with Crippen LogP contribution in [0.15, 0.2) is 0 Å². The molecule has 0 saturated heterocycles. The molecule has 1 N–H and O–H groups in total. The highest BCUT2D eigenvalue weighted by atomic mass is 32.2. The number of carbonyl (C=O) groups is 1. The molecule has 0 radical (unpaired) electrons. The van der Waals surface area contributed by atoms with E-state index in [1.165, 1.54) is 13.8 Å². The van der Waals surface area contributed by atoms with Gasteiger partial charge in [-0.2, -0.15) is 0 Å². The second-order valence-corrected chi connectivity index (χ2v) is 2.40. The Morgan fingerprint density at radius 1 is 1.60 bits per heavy atom. The standard InChI is InChI=1S/C3H6O.C2H7NO2S/c1-3(2)4;1-2-3-6(4)5/h1-2H3;3H,2H2,1H3,(H,4,5)/p-1. The van der Waals surface area contributed by atoms with Crippen LogP contribution in [0.3, 0.4) is 0 Å². The van der Waals surface area contributed by atoms with Crippen molar-refractivity contribution in [2.75, 3.05) is 6.54 Å². The predicted octanol–water partition coefficient (Wildman–Crippen LogP) is -0.0147. The van der Waals surface area contributed by atoms with Crippen LogP contribution in [-0.2, 0) is 16.1 Å². The third-order valence-electron chi connectivity index (χ3n) is 0.262. The fourth-order valence-corrected chi connectivity index (χ4v) is 0.354. The molecule has 0 aliphatic rings. The van der Waals surface area contributed by atoms with Crippen molar-refractivity contribution in [1.82, 2.24) is 4.72 Å². The molecule has 10 heavy (non-hydrogen) atoms. The summed E-state index contributed by atoms with van der Waals surface area (Å²) in [4.78, 5) is 9.44. The van der Waals surface area contributed by atoms with E-state index in [1.54, 1.807) is 6.92 Å². The zero-order valence-corrected chi connectivity index (χ0v) is 7.16. The minimum absolute atomic E-state index is 0.167. The first-order valence-electron chi connectivity index (χ1n) is 2.80. The quantitative estimate of drug-likeness (QED) is 0.586. The highest BCUT2D eigenvalue weighted by Gasteiger charge is 1.68. The summed E-state index contributed by atoms with van der Waals surface area (Å²) in [7, 11) is 0. The predicted molar refractivity (Wildman–Crippen MR) is 39.0 cm³/mol. The summed E-state index contributed by atoms with van der Waals surface area (Å²) in [6.45, 7) is 5.24. The highest BCUT2D eigenvalue weighted by molar-refractivity contribution is 7.77. The van der Waals surface area contributed by atoms with Crippen LogP contribution in [-0.4, -0.2) is 21.1 Å². The normalized spacial score (nSPS) is 11.2. The SMILES string of the molecule is CC(C)=O.CCNS(=O)[O-]. The molecular formula is C5H12NO3S-. The van der Waals surface area contributed by atoms with Crippen molar-refractivity contribution in [3.05, 3.63) is 0 Å². The molecule has 0 heterocycles. The Balaban J connectivity index is 0. The molecule has 0 aromatic carbocycles. The number of carbonyl (C=O) groups excluding carboxylic acids is 1. The maximum atomic E-state index is 9.49. The molecule has 0 aromatic heterocycles. The van der Waals surface area contributed by atoms with E-state index in [0.29, 0.717) is 6.54 Å². The van der Waals surface area contributed by atoms with Gasteiger partial charge in [0, 0.05) is 17.8 Å². The van der Waals surface area contributed by atoms with Crippen molar-refractivity contribution >= 4 is 17.0 Å². The molecule has 0 amide bonds. The second-order valence-electron chi connectivity index (χ2n) is 1.64. The van der Waals surface area contributed by atoms with E-state index in [0.717, 1.165) is 0 Å². The molecule has 0 aromatic rings. The van der Waals surface area contributed by atoms with E-state index in [2.05, 4.69) is 4.72 Å². The summed E-state index contributed by atoms with van der Waals surface area (Å²) < 4.78 is 21.1. The lowest BCUT2D eigenvalue weighted by Gasteiger charge is -2.00. The minimum Gasteiger partial charge on any atom is -0.760 e. The van der Waals surface area contributed by atoms with Crippen LogP contribution < -0.4 is 4.72 Å². The van der Waals surface area contributed by atoms with Crippen molar-refractivity contribution in [2.45, 2.75) is 20.8 Å². The van der Waals surface area contributed by atoms with Gasteiger partial charge in [-0.1, -0.05) is 6.92 Å². The van der Waals surface area contributed by atoms with Gasteiger partial charge < -0.3 is 9.35 Å². The van der Waals surface area contributed by atoms with E-state index < -0.39 is 11.3 Å². The average molecular weight is 166 g/mol. The van der Waals surface area contributed by atoms with Gasteiger partial charge in [0.15, 0.2) is 0 Å². The Labute approximate surface area is 63.4 Å². The van der Waals surface area contributed by atoms with Crippen LogP contribution in [0.2, 0.25) is 0 Å². The molecule has 0 saturated carbocycles. The number of ketones is 1. The van der Waals surface area contributed by atoms with Gasteiger partial charge in [0.25, 0.3) is 0 Å². The van der Waals surface area contributed by atoms with Crippen LogP contribution in [0.5, 0.6) is 0 Å². The van der Waals surface area contributed by atoms with Crippen LogP contribution in [0, 0.1) is 0 Å². The molecule has 0 rings (SSSR count). The number of Topliss-reactive ketones (excluding diaryl/α,β-unsaturated/α-hetero) is 1. The van der Waals surface area contributed by atoms with Crippen molar-refractivity contribution < 1.29 is 13.6 Å². The average Bonchev–Trinajstić information content (AvgIpc) is 1.62. The molecule has 0 aliphatic carbocycles. The fraction of sp³-hybridized carbons (Fsp3) is 0.800. The van der Waals surface area contributed by atoms with Crippen LogP contribution in [0.25, 0.3) is 0 Å². The molecule has 0 spiro atoms. The topological polar surface area (TPSA) is 69.2 Å². The molecule has 1 unspecified atom stereocenters. The van der Waals surface area contributed by atoms with Crippen LogP contribution in [0.1, 0.15) is 20.8 Å². The first-order chi connectivity index (χ1) is 4.50. The van der Waals surface area contributed by atoms with E-state index in [9.17, 15) is 13.6 Å². The number of rotatable bonds is 2. The lowest BCUT2D eigenvalue weighted by Crippen LogP contribution is -2.14. The van der Waals surface area contributed by atoms with Crippen molar-refractivity contribution in [3.8, 4) is 0 Å². The molecule has 0 fully saturated rings. The highest BCUT2D eigenvalue weighted by Crippen LogP contribution is 1.56. The smallest absolute Gasteiger partial charge is 0.126 e. The zero-order chi connectivity index (χ0) is 8.57. The summed E-state index contributed by atoms with van der Waals surface area (Å²) in [5.74, 6) is 0.167. The summed E-state index contributed by atoms with van der Waals surface area (Å²) in [6, 6.07) is 0. The molecule has 0 aliphatic heterocycles. The monoisotopic (exact) mass is 166 g/mol. The maximum absolute atomic E-state index is 9.49. The van der Waals surface area contributed by atoms with Gasteiger partial charge >= 0.3 is 0 Å². The maximum Gasteiger partial charge on any atom is 0.126 e. The molecule has 1 atom stereocenters. The van der Waals surface area contributed by atoms with E-state index in [1.807, 2.05) is 0 Å². The van der Waals surface area contributed by atoms with Gasteiger partial charge in [-0.15, -0.1) is 0 Å². The van der Waals surface area contributed by atoms with Gasteiger partial charge in [0.1, 0.15) is 5.78 Å². The lowest BCUT2D eigenvalue weighted by molar-refractivity contribution is -0.114. The largest absolute Gasteiger partial charge is 0.760 e. The van der Waals surface area contributed by atoms with E-state index >= 15 is 0 Å². The first kappa shape index (κ1) is 12.4.